The van der Waals surface area contributed by atoms with Gasteiger partial charge in [-0.05, 0) is 28.5 Å². The van der Waals surface area contributed by atoms with Crippen LogP contribution in [0.5, 0.6) is 0 Å². The number of β-lactam (4-membered cyclic amide) rings is 1. The molecule has 1 saturated heterocycles. The van der Waals surface area contributed by atoms with Crippen LogP contribution in [0.25, 0.3) is 0 Å². The van der Waals surface area contributed by atoms with Crippen LogP contribution in [0, 0.1) is 0 Å². The van der Waals surface area contributed by atoms with Gasteiger partial charge < -0.3 is 15.5 Å². The number of aliphatic carboxylic acids is 1. The highest BCUT2D eigenvalue weighted by Crippen LogP contribution is 2.43. The van der Waals surface area contributed by atoms with E-state index in [2.05, 4.69) is 20.8 Å². The number of aliphatic hydroxyl groups excluding tert-OH is 1. The number of amides is 2. The Morgan fingerprint density at radius 2 is 2.03 bits per heavy atom. The van der Waals surface area contributed by atoms with Crippen LogP contribution >= 0.6 is 23.5 Å². The van der Waals surface area contributed by atoms with Crippen molar-refractivity contribution in [1.29, 1.82) is 0 Å². The molecule has 0 spiro atoms. The summed E-state index contributed by atoms with van der Waals surface area (Å²) in [6.07, 6.45) is -1.42. The van der Waals surface area contributed by atoms with Crippen molar-refractivity contribution in [2.75, 3.05) is 5.75 Å². The minimum Gasteiger partial charge on any atom is -0.477 e. The highest BCUT2D eigenvalue weighted by atomic mass is 32.2. The number of thioether (sulfide) groups is 2. The maximum Gasteiger partial charge on any atom is 0.352 e. The molecule has 1 aromatic heterocycles. The third kappa shape index (κ3) is 3.98. The third-order valence-electron chi connectivity index (χ3n) is 5.22. The van der Waals surface area contributed by atoms with Gasteiger partial charge in [0.25, 0.3) is 11.8 Å². The summed E-state index contributed by atoms with van der Waals surface area (Å²) in [5.74, 6) is -2.08. The summed E-state index contributed by atoms with van der Waals surface area (Å²) >= 11 is 2.66. The van der Waals surface area contributed by atoms with E-state index in [4.69, 9.17) is 0 Å². The predicted octanol–water partition coefficient (Wildman–Crippen LogP) is 0.163. The fourth-order valence-corrected chi connectivity index (χ4v) is 6.03. The van der Waals surface area contributed by atoms with E-state index in [1.165, 1.54) is 33.1 Å². The molecule has 1 aromatic carbocycles. The number of hydrogen-bond donors (Lipinski definition) is 3. The number of aryl methyl sites for hydroxylation is 1. The van der Waals surface area contributed by atoms with E-state index >= 15 is 0 Å². The van der Waals surface area contributed by atoms with Crippen molar-refractivity contribution in [1.82, 2.24) is 30.4 Å². The van der Waals surface area contributed by atoms with Gasteiger partial charge in [0.1, 0.15) is 17.1 Å². The molecule has 3 N–H and O–H groups in total. The molecule has 168 valence electrons. The molecule has 0 aliphatic carbocycles. The average molecular weight is 477 g/mol. The molecule has 32 heavy (non-hydrogen) atoms. The van der Waals surface area contributed by atoms with Gasteiger partial charge in [0.15, 0.2) is 6.10 Å². The number of carbonyl (C=O) groups is 3. The van der Waals surface area contributed by atoms with Crippen molar-refractivity contribution in [3.63, 3.8) is 0 Å². The first-order valence-corrected chi connectivity index (χ1v) is 11.6. The molecule has 1 fully saturated rings. The molecule has 2 aliphatic rings. The monoisotopic (exact) mass is 476 g/mol. The quantitative estimate of drug-likeness (QED) is 0.372. The van der Waals surface area contributed by atoms with Gasteiger partial charge in [-0.15, -0.1) is 16.9 Å². The van der Waals surface area contributed by atoms with Crippen LogP contribution in [-0.2, 0) is 21.4 Å². The number of benzene rings is 1. The Bertz CT molecular complexity index is 1090. The number of carboxylic acids is 1. The van der Waals surface area contributed by atoms with Crippen LogP contribution in [0.1, 0.15) is 18.6 Å². The molecule has 0 saturated carbocycles. The number of nitrogens with zero attached hydrogens (tertiary/aromatic N) is 5. The summed E-state index contributed by atoms with van der Waals surface area (Å²) in [7, 11) is 1.68. The fraction of sp³-hybridized carbons (Fsp3) is 0.368. The zero-order chi connectivity index (χ0) is 23.0. The summed E-state index contributed by atoms with van der Waals surface area (Å²) in [6.45, 7) is 1.83. The number of hydrogen-bond acceptors (Lipinski definition) is 9. The van der Waals surface area contributed by atoms with Gasteiger partial charge in [0, 0.05) is 18.1 Å². The lowest BCUT2D eigenvalue weighted by Gasteiger charge is -2.50. The van der Waals surface area contributed by atoms with Crippen LogP contribution in [0.3, 0.4) is 0 Å². The molecule has 2 aromatic rings. The lowest BCUT2D eigenvalue weighted by Crippen LogP contribution is -2.71. The van der Waals surface area contributed by atoms with Crippen molar-refractivity contribution in [2.24, 2.45) is 7.05 Å². The van der Waals surface area contributed by atoms with E-state index in [1.807, 2.05) is 6.92 Å². The molecular formula is C19H20N6O5S2. The van der Waals surface area contributed by atoms with Gasteiger partial charge in [-0.3, -0.25) is 14.5 Å². The minimum atomic E-state index is -1.42. The second kappa shape index (κ2) is 8.92. The van der Waals surface area contributed by atoms with E-state index in [0.717, 1.165) is 0 Å². The van der Waals surface area contributed by atoms with E-state index in [9.17, 15) is 24.6 Å². The summed E-state index contributed by atoms with van der Waals surface area (Å²) in [5, 5.41) is 33.6. The van der Waals surface area contributed by atoms with Crippen LogP contribution in [0.4, 0.5) is 0 Å². The van der Waals surface area contributed by atoms with Crippen molar-refractivity contribution in [3.8, 4) is 0 Å². The molecule has 2 amide bonds. The molecule has 2 unspecified atom stereocenters. The number of nitrogens with one attached hydrogen (secondary N) is 1. The Morgan fingerprint density at radius 3 is 2.66 bits per heavy atom. The van der Waals surface area contributed by atoms with Crippen LogP contribution in [0.2, 0.25) is 0 Å². The molecule has 4 atom stereocenters. The van der Waals surface area contributed by atoms with Gasteiger partial charge >= 0.3 is 5.97 Å². The molecule has 2 aliphatic heterocycles. The van der Waals surface area contributed by atoms with E-state index < -0.39 is 35.3 Å². The summed E-state index contributed by atoms with van der Waals surface area (Å²) in [6, 6.07) is 7.46. The van der Waals surface area contributed by atoms with Gasteiger partial charge in [0.05, 0.1) is 0 Å². The Hall–Kier alpha value is -2.90. The molecule has 13 heteroatoms. The van der Waals surface area contributed by atoms with Gasteiger partial charge in [-0.2, -0.15) is 0 Å². The zero-order valence-electron chi connectivity index (χ0n) is 17.1. The summed E-state index contributed by atoms with van der Waals surface area (Å²) in [5.41, 5.74) is 0.902. The van der Waals surface area contributed by atoms with E-state index in [0.29, 0.717) is 22.0 Å². The normalized spacial score (nSPS) is 22.1. The van der Waals surface area contributed by atoms with E-state index in [-0.39, 0.29) is 10.9 Å². The largest absolute Gasteiger partial charge is 0.477 e. The number of rotatable bonds is 7. The molecular weight excluding hydrogens is 456 g/mol. The Morgan fingerprint density at radius 1 is 1.31 bits per heavy atom. The maximum absolute atomic E-state index is 12.8. The predicted molar refractivity (Wildman–Crippen MR) is 115 cm³/mol. The smallest absolute Gasteiger partial charge is 0.352 e. The number of aliphatic hydroxyl groups is 1. The lowest BCUT2D eigenvalue weighted by atomic mass is 10.0. The summed E-state index contributed by atoms with van der Waals surface area (Å²) in [4.78, 5) is 38.5. The second-order valence-electron chi connectivity index (χ2n) is 7.23. The topological polar surface area (TPSA) is 151 Å². The molecule has 0 bridgehead atoms. The number of carboxylic acid groups (broad SMARTS) is 1. The van der Waals surface area contributed by atoms with Crippen molar-refractivity contribution in [3.05, 3.63) is 47.2 Å². The van der Waals surface area contributed by atoms with Crippen LogP contribution in [-0.4, -0.2) is 75.5 Å². The summed E-state index contributed by atoms with van der Waals surface area (Å²) < 4.78 is 1.49. The van der Waals surface area contributed by atoms with Crippen molar-refractivity contribution >= 4 is 41.3 Å². The minimum absolute atomic E-state index is 0.0806. The maximum atomic E-state index is 12.8. The molecule has 3 heterocycles. The standard InChI is InChI=1S/C19H20N6O5S2/c1-9(32-19-21-22-23-24(19)2)11-8-31-17-12(16(28)25(17)13(11)18(29)30)20-15(27)14(26)10-6-4-3-5-7-10/h3-7,9,12,14,17,26H,8H2,1-2H3,(H,20,27)(H,29,30)/t9?,12-,14?,17-/m1/s1. The highest BCUT2D eigenvalue weighted by Gasteiger charge is 2.54. The Balaban J connectivity index is 1.50. The molecule has 11 nitrogen and oxygen atoms in total. The average Bonchev–Trinajstić information content (AvgIpc) is 3.20. The molecule has 4 rings (SSSR count). The molecule has 0 radical (unpaired) electrons. The first-order valence-electron chi connectivity index (χ1n) is 9.63. The van der Waals surface area contributed by atoms with Gasteiger partial charge in [0.2, 0.25) is 5.16 Å². The van der Waals surface area contributed by atoms with Crippen LogP contribution < -0.4 is 5.32 Å². The number of fused-ring (bicyclic) bond motifs is 1. The lowest BCUT2D eigenvalue weighted by molar-refractivity contribution is -0.151. The zero-order valence-corrected chi connectivity index (χ0v) is 18.7. The highest BCUT2D eigenvalue weighted by molar-refractivity contribution is 8.01. The number of carbonyl (C=O) groups excluding carboxylic acids is 2. The Labute approximate surface area is 191 Å². The van der Waals surface area contributed by atoms with Crippen molar-refractivity contribution < 1.29 is 24.6 Å². The second-order valence-corrected chi connectivity index (χ2v) is 9.65. The SMILES string of the molecule is CC(Sc1nnnn1C)C1=C(C(=O)O)N2C(=O)[C@@H](NC(=O)C(O)c3ccccc3)[C@H]2SC1. The first kappa shape index (κ1) is 22.3. The van der Waals surface area contributed by atoms with Crippen molar-refractivity contribution in [2.45, 2.75) is 34.8 Å². The number of aromatic nitrogens is 4. The van der Waals surface area contributed by atoms with Gasteiger partial charge in [-0.1, -0.05) is 42.1 Å². The van der Waals surface area contributed by atoms with Gasteiger partial charge in [-0.25, -0.2) is 9.48 Å². The van der Waals surface area contributed by atoms with Crippen LogP contribution in [0.15, 0.2) is 46.8 Å². The Kier molecular flexibility index (Phi) is 6.22. The van der Waals surface area contributed by atoms with E-state index in [1.54, 1.807) is 37.4 Å². The first-order chi connectivity index (χ1) is 15.3. The number of tetrazole rings is 1. The third-order valence-corrected chi connectivity index (χ3v) is 7.71. The fourth-order valence-electron chi connectivity index (χ4n) is 3.52.